The number of ether oxygens (including phenoxy) is 2. The molecule has 0 amide bonds. The van der Waals surface area contributed by atoms with Crippen LogP contribution in [0, 0.1) is 0 Å². The number of carbonyl (C=O) groups excluding carboxylic acids is 1. The first kappa shape index (κ1) is 27.5. The van der Waals surface area contributed by atoms with Crippen LogP contribution in [-0.2, 0) is 24.9 Å². The lowest BCUT2D eigenvalue weighted by Crippen LogP contribution is -2.41. The zero-order chi connectivity index (χ0) is 28.5. The van der Waals surface area contributed by atoms with E-state index < -0.39 is 35.7 Å². The molecule has 10 nitrogen and oxygen atoms in total. The molecule has 0 saturated carbocycles. The Morgan fingerprint density at radius 3 is 2.41 bits per heavy atom. The van der Waals surface area contributed by atoms with E-state index in [2.05, 4.69) is 9.72 Å². The highest BCUT2D eigenvalue weighted by Crippen LogP contribution is 2.30. The number of carbonyl (C=O) groups is 1. The minimum atomic E-state index is -4.92. The Kier molecular flexibility index (Phi) is 7.54. The first-order chi connectivity index (χ1) is 18.3. The van der Waals surface area contributed by atoms with Gasteiger partial charge in [-0.2, -0.15) is 4.98 Å². The second-order valence-corrected chi connectivity index (χ2v) is 8.93. The number of fused-ring (bicyclic) bond motifs is 1. The Bertz CT molecular complexity index is 1700. The summed E-state index contributed by atoms with van der Waals surface area (Å²) in [4.78, 5) is 43.1. The van der Waals surface area contributed by atoms with Crippen LogP contribution in [0.5, 0.6) is 17.5 Å². The van der Waals surface area contributed by atoms with E-state index >= 15 is 0 Å². The molecule has 0 bridgehead atoms. The molecule has 4 aromatic rings. The van der Waals surface area contributed by atoms with Gasteiger partial charge in [-0.05, 0) is 36.8 Å². The number of hydrogen-bond acceptors (Lipinski definition) is 7. The van der Waals surface area contributed by atoms with E-state index in [1.54, 1.807) is 24.3 Å². The molecular weight excluding hydrogens is 543 g/mol. The third-order valence-electron chi connectivity index (χ3n) is 5.40. The van der Waals surface area contributed by atoms with Crippen molar-refractivity contribution < 1.29 is 27.4 Å². The fourth-order valence-corrected chi connectivity index (χ4v) is 3.91. The fourth-order valence-electron chi connectivity index (χ4n) is 3.78. The number of aromatic nitrogens is 4. The predicted octanol–water partition coefficient (Wildman–Crippen LogP) is 3.72. The Hall–Kier alpha value is -4.52. The van der Waals surface area contributed by atoms with Crippen LogP contribution >= 0.6 is 11.6 Å². The lowest BCUT2D eigenvalue weighted by molar-refractivity contribution is -0.274. The summed E-state index contributed by atoms with van der Waals surface area (Å²) in [7, 11) is 1.36. The molecule has 0 aliphatic carbocycles. The Morgan fingerprint density at radius 2 is 1.77 bits per heavy atom. The minimum absolute atomic E-state index is 0.00491. The van der Waals surface area contributed by atoms with Crippen molar-refractivity contribution in [1.29, 1.82) is 0 Å². The van der Waals surface area contributed by atoms with E-state index in [4.69, 9.17) is 22.1 Å². The van der Waals surface area contributed by atoms with Crippen molar-refractivity contribution in [2.24, 2.45) is 12.8 Å². The first-order valence-electron chi connectivity index (χ1n) is 11.3. The number of rotatable bonds is 8. The van der Waals surface area contributed by atoms with E-state index in [9.17, 15) is 27.6 Å². The zero-order valence-electron chi connectivity index (χ0n) is 20.5. The van der Waals surface area contributed by atoms with Gasteiger partial charge in [-0.1, -0.05) is 29.8 Å². The van der Waals surface area contributed by atoms with Crippen LogP contribution in [0.2, 0.25) is 5.02 Å². The average molecular weight is 564 g/mol. The van der Waals surface area contributed by atoms with Crippen LogP contribution in [-0.4, -0.2) is 30.8 Å². The molecule has 0 radical (unpaired) electrons. The van der Waals surface area contributed by atoms with Crippen molar-refractivity contribution in [2.45, 2.75) is 26.4 Å². The number of nitrogens with zero attached hydrogens (tertiary/aromatic N) is 4. The van der Waals surface area contributed by atoms with Crippen LogP contribution in [0.1, 0.15) is 12.5 Å². The topological polar surface area (TPSA) is 123 Å². The third-order valence-corrected chi connectivity index (χ3v) is 5.65. The van der Waals surface area contributed by atoms with Crippen molar-refractivity contribution in [1.82, 2.24) is 18.7 Å². The van der Waals surface area contributed by atoms with Gasteiger partial charge in [0.2, 0.25) is 0 Å². The van der Waals surface area contributed by atoms with Crippen molar-refractivity contribution in [3.05, 3.63) is 91.7 Å². The van der Waals surface area contributed by atoms with Crippen molar-refractivity contribution in [3.8, 4) is 17.5 Å². The molecule has 2 aromatic heterocycles. The molecule has 0 aliphatic heterocycles. The molecule has 0 aliphatic rings. The average Bonchev–Trinajstić information content (AvgIpc) is 3.18. The number of halogens is 4. The number of aryl methyl sites for hydroxylation is 1. The fraction of sp³-hybridized carbons (Fsp3) is 0.200. The highest BCUT2D eigenvalue weighted by molar-refractivity contribution is 6.30. The maximum absolute atomic E-state index is 13.5. The second-order valence-electron chi connectivity index (χ2n) is 8.49. The van der Waals surface area contributed by atoms with Gasteiger partial charge in [0.15, 0.2) is 16.9 Å². The van der Waals surface area contributed by atoms with E-state index in [1.165, 1.54) is 30.7 Å². The SMILES string of the molecule is CC(N)=CC(=O)Cn1c(=O)c2c(nc(Oc3cccc(OC(F)(F)F)c3)n2Cc2ccc(Cl)cc2)n(C)c1=O. The van der Waals surface area contributed by atoms with Crippen LogP contribution in [0.25, 0.3) is 11.2 Å². The highest BCUT2D eigenvalue weighted by Gasteiger charge is 2.31. The highest BCUT2D eigenvalue weighted by atomic mass is 35.5. The molecular formula is C25H21ClF3N5O5. The number of ketones is 1. The summed E-state index contributed by atoms with van der Waals surface area (Å²) in [5.74, 6) is -1.18. The van der Waals surface area contributed by atoms with Gasteiger partial charge in [0.05, 0.1) is 13.1 Å². The summed E-state index contributed by atoms with van der Waals surface area (Å²) in [5.41, 5.74) is 4.63. The molecule has 2 heterocycles. The van der Waals surface area contributed by atoms with Gasteiger partial charge < -0.3 is 15.2 Å². The molecule has 14 heteroatoms. The summed E-state index contributed by atoms with van der Waals surface area (Å²) in [6.45, 7) is 0.918. The summed E-state index contributed by atoms with van der Waals surface area (Å²) in [6.07, 6.45) is -3.82. The van der Waals surface area contributed by atoms with Gasteiger partial charge in [0.1, 0.15) is 11.5 Å². The van der Waals surface area contributed by atoms with E-state index in [-0.39, 0.29) is 35.2 Å². The molecule has 0 unspecified atom stereocenters. The van der Waals surface area contributed by atoms with Gasteiger partial charge in [-0.25, -0.2) is 4.79 Å². The number of nitrogens with two attached hydrogens (primary N) is 1. The van der Waals surface area contributed by atoms with Gasteiger partial charge >= 0.3 is 18.1 Å². The monoisotopic (exact) mass is 563 g/mol. The molecule has 4 rings (SSSR count). The van der Waals surface area contributed by atoms with Crippen molar-refractivity contribution in [3.63, 3.8) is 0 Å². The number of hydrogen-bond donors (Lipinski definition) is 1. The molecule has 0 atom stereocenters. The minimum Gasteiger partial charge on any atom is -0.425 e. The van der Waals surface area contributed by atoms with Crippen LogP contribution < -0.4 is 26.5 Å². The maximum atomic E-state index is 13.5. The number of alkyl halides is 3. The molecule has 39 heavy (non-hydrogen) atoms. The maximum Gasteiger partial charge on any atom is 0.573 e. The van der Waals surface area contributed by atoms with Crippen molar-refractivity contribution >= 4 is 28.5 Å². The molecule has 0 spiro atoms. The van der Waals surface area contributed by atoms with Crippen LogP contribution in [0.15, 0.2) is 69.9 Å². The van der Waals surface area contributed by atoms with E-state index in [1.807, 2.05) is 0 Å². The second kappa shape index (κ2) is 10.7. The largest absolute Gasteiger partial charge is 0.573 e. The van der Waals surface area contributed by atoms with E-state index in [0.717, 1.165) is 27.3 Å². The van der Waals surface area contributed by atoms with Gasteiger partial charge in [0.25, 0.3) is 5.56 Å². The standard InChI is InChI=1S/C25H21ClF3N5O5/c1-14(30)10-17(35)13-34-22(36)20-21(32(2)24(34)37)31-23(33(20)12-15-6-8-16(26)9-7-15)38-18-4-3-5-19(11-18)39-25(27,28)29/h3-11H,12-13,30H2,1-2H3. The molecule has 2 N–H and O–H groups in total. The Balaban J connectivity index is 1.89. The lowest BCUT2D eigenvalue weighted by Gasteiger charge is -2.12. The Morgan fingerprint density at radius 1 is 1.10 bits per heavy atom. The van der Waals surface area contributed by atoms with Crippen LogP contribution in [0.4, 0.5) is 13.2 Å². The van der Waals surface area contributed by atoms with Gasteiger partial charge in [-0.3, -0.25) is 23.3 Å². The molecule has 0 fully saturated rings. The van der Waals surface area contributed by atoms with E-state index in [0.29, 0.717) is 10.6 Å². The number of benzene rings is 2. The quantitative estimate of drug-likeness (QED) is 0.324. The predicted molar refractivity (Wildman–Crippen MR) is 136 cm³/mol. The number of allylic oxidation sites excluding steroid dienone is 2. The molecule has 204 valence electrons. The van der Waals surface area contributed by atoms with Crippen LogP contribution in [0.3, 0.4) is 0 Å². The normalized spacial score (nSPS) is 12.1. The summed E-state index contributed by atoms with van der Waals surface area (Å²) >= 11 is 5.98. The first-order valence-corrected chi connectivity index (χ1v) is 11.6. The number of imidazole rings is 1. The summed E-state index contributed by atoms with van der Waals surface area (Å²) < 4.78 is 51.0. The smallest absolute Gasteiger partial charge is 0.425 e. The van der Waals surface area contributed by atoms with Crippen molar-refractivity contribution in [2.75, 3.05) is 0 Å². The van der Waals surface area contributed by atoms with Gasteiger partial charge in [0, 0.05) is 29.9 Å². The summed E-state index contributed by atoms with van der Waals surface area (Å²) in [6, 6.07) is 11.2. The molecule has 0 saturated heterocycles. The molecule has 2 aromatic carbocycles. The van der Waals surface area contributed by atoms with Gasteiger partial charge in [-0.15, -0.1) is 13.2 Å². The zero-order valence-corrected chi connectivity index (χ0v) is 21.3. The lowest BCUT2D eigenvalue weighted by atomic mass is 10.2. The third kappa shape index (κ3) is 6.32. The summed E-state index contributed by atoms with van der Waals surface area (Å²) in [5, 5.41) is 0.471. The Labute approximate surface area is 223 Å².